The van der Waals surface area contributed by atoms with Crippen LogP contribution in [0.3, 0.4) is 0 Å². The van der Waals surface area contributed by atoms with E-state index in [9.17, 15) is 23.4 Å². The average Bonchev–Trinajstić information content (AvgIpc) is 2.89. The molecule has 0 aliphatic carbocycles. The minimum Gasteiger partial charge on any atom is -0.476 e. The van der Waals surface area contributed by atoms with E-state index in [-0.39, 0.29) is 42.2 Å². The predicted octanol–water partition coefficient (Wildman–Crippen LogP) is 4.35. The number of hydrogen-bond donors (Lipinski definition) is 2. The molecule has 39 heavy (non-hydrogen) atoms. The maximum absolute atomic E-state index is 13.6. The Labute approximate surface area is 230 Å². The molecule has 1 atom stereocenters. The summed E-state index contributed by atoms with van der Waals surface area (Å²) in [6, 6.07) is 17.2. The van der Waals surface area contributed by atoms with Gasteiger partial charge in [0.05, 0.1) is 6.61 Å². The molecule has 0 aliphatic rings. The first-order valence-electron chi connectivity index (χ1n) is 12.7. The Bertz CT molecular complexity index is 1340. The molecule has 0 aliphatic heterocycles. The monoisotopic (exact) mass is 556 g/mol. The van der Waals surface area contributed by atoms with Gasteiger partial charge < -0.3 is 19.7 Å². The van der Waals surface area contributed by atoms with E-state index in [0.717, 1.165) is 11.1 Å². The zero-order valence-corrected chi connectivity index (χ0v) is 23.5. The van der Waals surface area contributed by atoms with Crippen molar-refractivity contribution in [3.05, 3.63) is 89.7 Å². The van der Waals surface area contributed by atoms with Crippen LogP contribution in [0.1, 0.15) is 50.8 Å². The molecule has 10 heteroatoms. The van der Waals surface area contributed by atoms with Crippen molar-refractivity contribution in [3.63, 3.8) is 0 Å². The molecular formula is C29H36N2O7S. The fourth-order valence-electron chi connectivity index (χ4n) is 3.85. The highest BCUT2D eigenvalue weighted by atomic mass is 32.2. The Morgan fingerprint density at radius 3 is 2.28 bits per heavy atom. The van der Waals surface area contributed by atoms with Crippen LogP contribution in [0, 0.1) is 0 Å². The maximum atomic E-state index is 13.6. The number of aliphatic hydroxyl groups is 1. The first-order chi connectivity index (χ1) is 18.3. The number of carbonyl (C=O) groups is 1. The summed E-state index contributed by atoms with van der Waals surface area (Å²) in [4.78, 5) is 15.8. The number of rotatable bonds is 13. The van der Waals surface area contributed by atoms with E-state index in [1.54, 1.807) is 25.1 Å². The molecule has 0 fully saturated rings. The lowest BCUT2D eigenvalue weighted by Gasteiger charge is -2.26. The van der Waals surface area contributed by atoms with E-state index in [0.29, 0.717) is 12.2 Å². The van der Waals surface area contributed by atoms with Gasteiger partial charge in [-0.2, -0.15) is 4.31 Å². The summed E-state index contributed by atoms with van der Waals surface area (Å²) in [6.07, 6.45) is 2.52. The van der Waals surface area contributed by atoms with Gasteiger partial charge in [-0.1, -0.05) is 57.2 Å². The van der Waals surface area contributed by atoms with Crippen molar-refractivity contribution in [2.24, 2.45) is 0 Å². The van der Waals surface area contributed by atoms with Crippen molar-refractivity contribution < 1.29 is 32.9 Å². The van der Waals surface area contributed by atoms with E-state index in [1.807, 2.05) is 24.3 Å². The minimum absolute atomic E-state index is 0.00979. The standard InChI is InChI=1S/C29H36N2O7S/c1-5-37-17-15-29(34,27(32)33)38-25-9-6-8-23(18-25)21-31(39(35,36)26-10-7-16-30-19-26)20-22-11-13-24(14-12-22)28(2,3)4/h6-14,16,18-19,34H,5,15,17,20-21H2,1-4H3,(H,32,33). The fraction of sp³-hybridized carbons (Fsp3) is 0.379. The molecule has 2 aromatic carbocycles. The second kappa shape index (κ2) is 12.7. The highest BCUT2D eigenvalue weighted by Crippen LogP contribution is 2.27. The molecule has 9 nitrogen and oxygen atoms in total. The average molecular weight is 557 g/mol. The van der Waals surface area contributed by atoms with Gasteiger partial charge in [0.2, 0.25) is 10.0 Å². The molecule has 0 bridgehead atoms. The van der Waals surface area contributed by atoms with Gasteiger partial charge in [0, 0.05) is 38.5 Å². The van der Waals surface area contributed by atoms with E-state index >= 15 is 0 Å². The molecule has 0 spiro atoms. The van der Waals surface area contributed by atoms with Crippen molar-refractivity contribution in [2.75, 3.05) is 13.2 Å². The van der Waals surface area contributed by atoms with Crippen LogP contribution in [0.2, 0.25) is 0 Å². The van der Waals surface area contributed by atoms with Gasteiger partial charge in [0.25, 0.3) is 0 Å². The number of carboxylic acids is 1. The third kappa shape index (κ3) is 8.09. The largest absolute Gasteiger partial charge is 0.476 e. The smallest absolute Gasteiger partial charge is 0.377 e. The van der Waals surface area contributed by atoms with E-state index < -0.39 is 21.8 Å². The summed E-state index contributed by atoms with van der Waals surface area (Å²) < 4.78 is 39.2. The summed E-state index contributed by atoms with van der Waals surface area (Å²) >= 11 is 0. The Balaban J connectivity index is 1.91. The Hall–Kier alpha value is -3.31. The van der Waals surface area contributed by atoms with Gasteiger partial charge in [-0.15, -0.1) is 0 Å². The van der Waals surface area contributed by atoms with E-state index in [2.05, 4.69) is 25.8 Å². The van der Waals surface area contributed by atoms with Crippen LogP contribution < -0.4 is 4.74 Å². The SMILES string of the molecule is CCOCCC(O)(Oc1cccc(CN(Cc2ccc(C(C)(C)C)cc2)S(=O)(=O)c2cccnc2)c1)C(=O)O. The number of ether oxygens (including phenoxy) is 2. The molecular weight excluding hydrogens is 520 g/mol. The lowest BCUT2D eigenvalue weighted by molar-refractivity contribution is -0.198. The second-order valence-electron chi connectivity index (χ2n) is 10.2. The second-order valence-corrected chi connectivity index (χ2v) is 12.1. The third-order valence-electron chi connectivity index (χ3n) is 6.12. The lowest BCUT2D eigenvalue weighted by atomic mass is 9.87. The van der Waals surface area contributed by atoms with Gasteiger partial charge in [0.1, 0.15) is 10.6 Å². The maximum Gasteiger partial charge on any atom is 0.377 e. The number of carboxylic acid groups (broad SMARTS) is 1. The third-order valence-corrected chi connectivity index (χ3v) is 7.89. The number of benzene rings is 2. The molecule has 0 radical (unpaired) electrons. The summed E-state index contributed by atoms with van der Waals surface area (Å²) in [5.74, 6) is -3.96. The molecule has 0 amide bonds. The van der Waals surface area contributed by atoms with Gasteiger partial charge in [0.15, 0.2) is 0 Å². The van der Waals surface area contributed by atoms with Crippen LogP contribution in [0.25, 0.3) is 0 Å². The lowest BCUT2D eigenvalue weighted by Crippen LogP contribution is -2.45. The quantitative estimate of drug-likeness (QED) is 0.235. The topological polar surface area (TPSA) is 126 Å². The van der Waals surface area contributed by atoms with Crippen LogP contribution in [0.4, 0.5) is 0 Å². The van der Waals surface area contributed by atoms with Gasteiger partial charge >= 0.3 is 11.8 Å². The molecule has 3 aromatic rings. The molecule has 1 unspecified atom stereocenters. The number of pyridine rings is 1. The Morgan fingerprint density at radius 1 is 1.00 bits per heavy atom. The summed E-state index contributed by atoms with van der Waals surface area (Å²) in [5.41, 5.74) is 2.44. The molecule has 210 valence electrons. The summed E-state index contributed by atoms with van der Waals surface area (Å²) in [7, 11) is -3.94. The van der Waals surface area contributed by atoms with Crippen molar-refractivity contribution in [1.29, 1.82) is 0 Å². The van der Waals surface area contributed by atoms with Crippen LogP contribution in [0.15, 0.2) is 78.0 Å². The fourth-order valence-corrected chi connectivity index (χ4v) is 5.23. The number of aromatic nitrogens is 1. The first-order valence-corrected chi connectivity index (χ1v) is 14.1. The minimum atomic E-state index is -3.94. The molecule has 1 aromatic heterocycles. The summed E-state index contributed by atoms with van der Waals surface area (Å²) in [6.45, 7) is 8.51. The van der Waals surface area contributed by atoms with Crippen molar-refractivity contribution in [2.45, 2.75) is 63.3 Å². The van der Waals surface area contributed by atoms with Crippen LogP contribution in [-0.2, 0) is 38.1 Å². The molecule has 1 heterocycles. The first kappa shape index (κ1) is 30.2. The molecule has 2 N–H and O–H groups in total. The molecule has 0 saturated heterocycles. The van der Waals surface area contributed by atoms with Crippen LogP contribution in [0.5, 0.6) is 5.75 Å². The van der Waals surface area contributed by atoms with E-state index in [4.69, 9.17) is 9.47 Å². The van der Waals surface area contributed by atoms with Crippen molar-refractivity contribution in [3.8, 4) is 5.75 Å². The molecule has 3 rings (SSSR count). The van der Waals surface area contributed by atoms with Gasteiger partial charge in [-0.3, -0.25) is 4.98 Å². The molecule has 0 saturated carbocycles. The number of aliphatic carboxylic acids is 1. The summed E-state index contributed by atoms with van der Waals surface area (Å²) in [5, 5.41) is 20.1. The van der Waals surface area contributed by atoms with Gasteiger partial charge in [-0.05, 0) is 53.3 Å². The van der Waals surface area contributed by atoms with Crippen molar-refractivity contribution >= 4 is 16.0 Å². The van der Waals surface area contributed by atoms with Crippen LogP contribution in [-0.4, -0.2) is 52.9 Å². The highest BCUT2D eigenvalue weighted by molar-refractivity contribution is 7.89. The van der Waals surface area contributed by atoms with E-state index in [1.165, 1.54) is 34.9 Å². The van der Waals surface area contributed by atoms with Crippen molar-refractivity contribution in [1.82, 2.24) is 9.29 Å². The number of sulfonamides is 1. The van der Waals surface area contributed by atoms with Gasteiger partial charge in [-0.25, -0.2) is 13.2 Å². The predicted molar refractivity (Wildman–Crippen MR) is 147 cm³/mol. The zero-order chi connectivity index (χ0) is 28.7. The Kier molecular flexibility index (Phi) is 9.84. The zero-order valence-electron chi connectivity index (χ0n) is 22.7. The Morgan fingerprint density at radius 2 is 1.69 bits per heavy atom. The normalized spacial score (nSPS) is 13.7. The van der Waals surface area contributed by atoms with Crippen LogP contribution >= 0.6 is 0 Å². The number of nitrogens with zero attached hydrogens (tertiary/aromatic N) is 2. The highest BCUT2D eigenvalue weighted by Gasteiger charge is 2.38. The number of hydrogen-bond acceptors (Lipinski definition) is 7.